The topological polar surface area (TPSA) is 25.8 Å². The molecule has 0 aliphatic heterocycles. The first kappa shape index (κ1) is 8.96. The molecule has 0 bridgehead atoms. The summed E-state index contributed by atoms with van der Waals surface area (Å²) in [6, 6.07) is 0. The molecule has 0 atom stereocenters. The van der Waals surface area contributed by atoms with E-state index in [-0.39, 0.29) is 0 Å². The summed E-state index contributed by atoms with van der Waals surface area (Å²) in [6.07, 6.45) is -3.27. The minimum absolute atomic E-state index is 0.359. The van der Waals surface area contributed by atoms with Gasteiger partial charge in [-0.05, 0) is 19.4 Å². The van der Waals surface area contributed by atoms with Crippen molar-refractivity contribution < 1.29 is 13.2 Å². The molecule has 12 heavy (non-hydrogen) atoms. The lowest BCUT2D eigenvalue weighted by Crippen LogP contribution is -2.11. The third kappa shape index (κ3) is 1.72. The van der Waals surface area contributed by atoms with Gasteiger partial charge < -0.3 is 0 Å². The largest absolute Gasteiger partial charge is 0.451 e. The van der Waals surface area contributed by atoms with Crippen LogP contribution in [0.3, 0.4) is 0 Å². The quantitative estimate of drug-likeness (QED) is 0.605. The molecule has 0 saturated heterocycles. The lowest BCUT2D eigenvalue weighted by molar-refractivity contribution is -0.145. The highest BCUT2D eigenvalue weighted by molar-refractivity contribution is 5.14. The second-order valence-electron chi connectivity index (χ2n) is 2.46. The van der Waals surface area contributed by atoms with E-state index in [0.717, 1.165) is 0 Å². The minimum Gasteiger partial charge on any atom is -0.233 e. The fraction of sp³-hybridized carbons (Fsp3) is 0.429. The van der Waals surface area contributed by atoms with Crippen molar-refractivity contribution >= 4 is 0 Å². The van der Waals surface area contributed by atoms with Crippen molar-refractivity contribution in [3.8, 4) is 0 Å². The molecule has 1 heterocycles. The van der Waals surface area contributed by atoms with Crippen LogP contribution in [0.5, 0.6) is 0 Å². The highest BCUT2D eigenvalue weighted by Crippen LogP contribution is 2.25. The number of aromatic nitrogens is 2. The Balaban J connectivity index is 3.14. The van der Waals surface area contributed by atoms with E-state index in [1.54, 1.807) is 6.92 Å². The van der Waals surface area contributed by atoms with Gasteiger partial charge >= 0.3 is 6.18 Å². The van der Waals surface area contributed by atoms with Crippen molar-refractivity contribution in [1.29, 1.82) is 0 Å². The number of hydrogen-bond acceptors (Lipinski definition) is 2. The maximum atomic E-state index is 12.0. The van der Waals surface area contributed by atoms with Crippen LogP contribution < -0.4 is 0 Å². The molecule has 0 fully saturated rings. The standard InChI is InChI=1S/C7H7F3N2/c1-4-3-11-6(7(8,9)10)12-5(4)2/h3H,1-2H3. The molecule has 5 heteroatoms. The second kappa shape index (κ2) is 2.73. The number of rotatable bonds is 0. The summed E-state index contributed by atoms with van der Waals surface area (Å²) in [7, 11) is 0. The van der Waals surface area contributed by atoms with Crippen LogP contribution in [-0.4, -0.2) is 9.97 Å². The lowest BCUT2D eigenvalue weighted by Gasteiger charge is -2.05. The van der Waals surface area contributed by atoms with Crippen LogP contribution in [0.25, 0.3) is 0 Å². The van der Waals surface area contributed by atoms with Gasteiger partial charge in [0.15, 0.2) is 0 Å². The van der Waals surface area contributed by atoms with E-state index < -0.39 is 12.0 Å². The molecule has 0 amide bonds. The third-order valence-electron chi connectivity index (χ3n) is 1.48. The van der Waals surface area contributed by atoms with Crippen LogP contribution in [0.4, 0.5) is 13.2 Å². The van der Waals surface area contributed by atoms with Crippen LogP contribution in [0.2, 0.25) is 0 Å². The first-order valence-electron chi connectivity index (χ1n) is 3.28. The first-order chi connectivity index (χ1) is 5.41. The number of nitrogens with zero attached hydrogens (tertiary/aromatic N) is 2. The summed E-state index contributed by atoms with van der Waals surface area (Å²) in [5.74, 6) is -1.08. The van der Waals surface area contributed by atoms with Gasteiger partial charge in [-0.2, -0.15) is 13.2 Å². The highest BCUT2D eigenvalue weighted by Gasteiger charge is 2.34. The highest BCUT2D eigenvalue weighted by atomic mass is 19.4. The van der Waals surface area contributed by atoms with Gasteiger partial charge in [-0.3, -0.25) is 0 Å². The van der Waals surface area contributed by atoms with Crippen molar-refractivity contribution in [3.05, 3.63) is 23.3 Å². The zero-order valence-electron chi connectivity index (χ0n) is 6.61. The lowest BCUT2D eigenvalue weighted by atomic mass is 10.3. The molecule has 1 aromatic rings. The molecule has 0 radical (unpaired) electrons. The smallest absolute Gasteiger partial charge is 0.233 e. The van der Waals surface area contributed by atoms with Crippen molar-refractivity contribution in [2.45, 2.75) is 20.0 Å². The Morgan fingerprint density at radius 2 is 1.83 bits per heavy atom. The zero-order valence-corrected chi connectivity index (χ0v) is 6.61. The van der Waals surface area contributed by atoms with Crippen LogP contribution in [0, 0.1) is 13.8 Å². The minimum atomic E-state index is -4.45. The molecule has 0 aliphatic carbocycles. The molecule has 0 aromatic carbocycles. The van der Waals surface area contributed by atoms with Crippen molar-refractivity contribution in [2.75, 3.05) is 0 Å². The maximum absolute atomic E-state index is 12.0. The Morgan fingerprint density at radius 1 is 1.25 bits per heavy atom. The number of hydrogen-bond donors (Lipinski definition) is 0. The molecule has 0 spiro atoms. The Morgan fingerprint density at radius 3 is 2.25 bits per heavy atom. The van der Waals surface area contributed by atoms with Gasteiger partial charge in [-0.1, -0.05) is 0 Å². The fourth-order valence-electron chi connectivity index (χ4n) is 0.664. The van der Waals surface area contributed by atoms with E-state index >= 15 is 0 Å². The molecular formula is C7H7F3N2. The molecule has 0 N–H and O–H groups in total. The van der Waals surface area contributed by atoms with E-state index in [1.807, 2.05) is 0 Å². The SMILES string of the molecule is Cc1cnc(C(F)(F)F)nc1C. The second-order valence-corrected chi connectivity index (χ2v) is 2.46. The monoisotopic (exact) mass is 176 g/mol. The van der Waals surface area contributed by atoms with Gasteiger partial charge in [0.1, 0.15) is 0 Å². The average Bonchev–Trinajstić information content (AvgIpc) is 1.92. The van der Waals surface area contributed by atoms with E-state index in [0.29, 0.717) is 11.3 Å². The summed E-state index contributed by atoms with van der Waals surface area (Å²) in [5.41, 5.74) is 1.01. The van der Waals surface area contributed by atoms with Crippen molar-refractivity contribution in [1.82, 2.24) is 9.97 Å². The number of halogens is 3. The Labute approximate surface area is 67.5 Å². The average molecular weight is 176 g/mol. The summed E-state index contributed by atoms with van der Waals surface area (Å²) in [4.78, 5) is 6.48. The van der Waals surface area contributed by atoms with Crippen LogP contribution in [0.15, 0.2) is 6.20 Å². The van der Waals surface area contributed by atoms with Gasteiger partial charge in [0.25, 0.3) is 0 Å². The molecule has 0 saturated carbocycles. The van der Waals surface area contributed by atoms with Gasteiger partial charge in [-0.25, -0.2) is 9.97 Å². The van der Waals surface area contributed by atoms with E-state index in [2.05, 4.69) is 9.97 Å². The van der Waals surface area contributed by atoms with E-state index in [9.17, 15) is 13.2 Å². The summed E-state index contributed by atoms with van der Waals surface area (Å²) in [6.45, 7) is 3.18. The predicted octanol–water partition coefficient (Wildman–Crippen LogP) is 2.11. The summed E-state index contributed by atoms with van der Waals surface area (Å²) >= 11 is 0. The van der Waals surface area contributed by atoms with E-state index in [4.69, 9.17) is 0 Å². The molecule has 1 rings (SSSR count). The Bertz CT molecular complexity index is 293. The molecular weight excluding hydrogens is 169 g/mol. The predicted molar refractivity (Wildman–Crippen MR) is 36.5 cm³/mol. The van der Waals surface area contributed by atoms with Crippen molar-refractivity contribution in [3.63, 3.8) is 0 Å². The van der Waals surface area contributed by atoms with E-state index in [1.165, 1.54) is 13.1 Å². The number of alkyl halides is 3. The first-order valence-corrected chi connectivity index (χ1v) is 3.28. The normalized spacial score (nSPS) is 11.8. The fourth-order valence-corrected chi connectivity index (χ4v) is 0.664. The van der Waals surface area contributed by atoms with Gasteiger partial charge in [-0.15, -0.1) is 0 Å². The summed E-state index contributed by atoms with van der Waals surface area (Å²) in [5, 5.41) is 0. The van der Waals surface area contributed by atoms with Crippen LogP contribution in [0.1, 0.15) is 17.1 Å². The maximum Gasteiger partial charge on any atom is 0.451 e. The molecule has 0 aliphatic rings. The molecule has 66 valence electrons. The van der Waals surface area contributed by atoms with Gasteiger partial charge in [0, 0.05) is 11.9 Å². The third-order valence-corrected chi connectivity index (χ3v) is 1.48. The van der Waals surface area contributed by atoms with Gasteiger partial charge in [0.05, 0.1) is 0 Å². The summed E-state index contributed by atoms with van der Waals surface area (Å²) < 4.78 is 35.9. The number of aryl methyl sites for hydroxylation is 2. The Kier molecular flexibility index (Phi) is 2.04. The van der Waals surface area contributed by atoms with Crippen LogP contribution >= 0.6 is 0 Å². The Hall–Kier alpha value is -1.13. The van der Waals surface area contributed by atoms with Crippen molar-refractivity contribution in [2.24, 2.45) is 0 Å². The van der Waals surface area contributed by atoms with Gasteiger partial charge in [0.2, 0.25) is 5.82 Å². The van der Waals surface area contributed by atoms with Crippen LogP contribution in [-0.2, 0) is 6.18 Å². The molecule has 0 unspecified atom stereocenters. The molecule has 1 aromatic heterocycles. The zero-order chi connectivity index (χ0) is 9.35. The molecule has 2 nitrogen and oxygen atoms in total.